The zero-order chi connectivity index (χ0) is 16.8. The minimum absolute atomic E-state index is 0.907. The lowest BCUT2D eigenvalue weighted by atomic mass is 10.0. The Labute approximate surface area is 143 Å². The molecule has 3 rings (SSSR count). The van der Waals surface area contributed by atoms with Crippen molar-refractivity contribution in [3.05, 3.63) is 96.1 Å². The molecule has 0 atom stereocenters. The quantitative estimate of drug-likeness (QED) is 0.443. The molecule has 0 unspecified atom stereocenters. The third-order valence-electron chi connectivity index (χ3n) is 3.95. The molecule has 0 fully saturated rings. The van der Waals surface area contributed by atoms with E-state index in [1.165, 1.54) is 11.1 Å². The van der Waals surface area contributed by atoms with Crippen LogP contribution in [-0.4, -0.2) is 11.4 Å². The first-order chi connectivity index (χ1) is 11.7. The average Bonchev–Trinajstić information content (AvgIpc) is 2.67. The molecule has 3 aromatic rings. The minimum Gasteiger partial charge on any atom is -0.155 e. The van der Waals surface area contributed by atoms with Crippen LogP contribution in [0.5, 0.6) is 0 Å². The van der Waals surface area contributed by atoms with E-state index in [1.54, 1.807) is 0 Å². The average molecular weight is 312 g/mol. The van der Waals surface area contributed by atoms with E-state index >= 15 is 0 Å². The van der Waals surface area contributed by atoms with Crippen molar-refractivity contribution in [2.75, 3.05) is 0 Å². The second kappa shape index (κ2) is 7.51. The summed E-state index contributed by atoms with van der Waals surface area (Å²) in [4.78, 5) is 0. The number of hydrogen-bond donors (Lipinski definition) is 0. The van der Waals surface area contributed by atoms with Crippen LogP contribution in [0.15, 0.2) is 95.1 Å². The molecule has 0 heterocycles. The summed E-state index contributed by atoms with van der Waals surface area (Å²) in [5, 5.41) is 8.73. The lowest BCUT2D eigenvalue weighted by molar-refractivity contribution is 1.22. The molecule has 3 aromatic carbocycles. The standard InChI is InChI=1S/C22H20N2/c1-17(19-9-5-3-6-10-19)23-24-18(2)20-13-15-22(16-14-20)21-11-7-4-8-12-21/h3-16H,1-2H3/b23-17+,24-18+. The number of nitrogens with zero attached hydrogens (tertiary/aromatic N) is 2. The smallest absolute Gasteiger partial charge is 0.0671 e. The van der Waals surface area contributed by atoms with Crippen LogP contribution in [-0.2, 0) is 0 Å². The molecule has 0 saturated heterocycles. The summed E-state index contributed by atoms with van der Waals surface area (Å²) in [5.41, 5.74) is 6.42. The summed E-state index contributed by atoms with van der Waals surface area (Å²) in [6, 6.07) is 28.9. The van der Waals surface area contributed by atoms with Crippen molar-refractivity contribution in [2.45, 2.75) is 13.8 Å². The summed E-state index contributed by atoms with van der Waals surface area (Å²) in [7, 11) is 0. The van der Waals surface area contributed by atoms with E-state index < -0.39 is 0 Å². The van der Waals surface area contributed by atoms with Crippen molar-refractivity contribution in [2.24, 2.45) is 10.2 Å². The Kier molecular flexibility index (Phi) is 4.97. The van der Waals surface area contributed by atoms with Gasteiger partial charge in [0.15, 0.2) is 0 Å². The van der Waals surface area contributed by atoms with E-state index in [4.69, 9.17) is 0 Å². The van der Waals surface area contributed by atoms with Gasteiger partial charge in [0.25, 0.3) is 0 Å². The summed E-state index contributed by atoms with van der Waals surface area (Å²) in [5.74, 6) is 0. The Balaban J connectivity index is 1.79. The van der Waals surface area contributed by atoms with Gasteiger partial charge in [0.1, 0.15) is 0 Å². The largest absolute Gasteiger partial charge is 0.155 e. The molecule has 0 aliphatic rings. The van der Waals surface area contributed by atoms with Crippen molar-refractivity contribution in [1.29, 1.82) is 0 Å². The summed E-state index contributed by atoms with van der Waals surface area (Å²) in [6.45, 7) is 3.96. The Morgan fingerprint density at radius 2 is 0.917 bits per heavy atom. The van der Waals surface area contributed by atoms with Gasteiger partial charge in [-0.05, 0) is 36.1 Å². The van der Waals surface area contributed by atoms with Crippen molar-refractivity contribution < 1.29 is 0 Å². The van der Waals surface area contributed by atoms with E-state index in [0.717, 1.165) is 22.6 Å². The van der Waals surface area contributed by atoms with Crippen molar-refractivity contribution in [1.82, 2.24) is 0 Å². The second-order valence-electron chi connectivity index (χ2n) is 5.68. The lowest BCUT2D eigenvalue weighted by Crippen LogP contribution is -1.96. The SMILES string of the molecule is C/C(=N\N=C(/C)c1ccc(-c2ccccc2)cc1)c1ccccc1. The Bertz CT molecular complexity index is 845. The molecule has 0 radical (unpaired) electrons. The molecule has 0 aliphatic heterocycles. The van der Waals surface area contributed by atoms with Gasteiger partial charge in [-0.3, -0.25) is 0 Å². The van der Waals surface area contributed by atoms with Crippen LogP contribution in [0.2, 0.25) is 0 Å². The van der Waals surface area contributed by atoms with E-state index in [2.05, 4.69) is 58.7 Å². The number of benzene rings is 3. The molecule has 0 N–H and O–H groups in total. The third-order valence-corrected chi connectivity index (χ3v) is 3.95. The molecule has 0 aliphatic carbocycles. The van der Waals surface area contributed by atoms with E-state index in [-0.39, 0.29) is 0 Å². The maximum Gasteiger partial charge on any atom is 0.0671 e. The maximum absolute atomic E-state index is 4.38. The molecule has 24 heavy (non-hydrogen) atoms. The van der Waals surface area contributed by atoms with Crippen molar-refractivity contribution >= 4 is 11.4 Å². The summed E-state index contributed by atoms with van der Waals surface area (Å²) >= 11 is 0. The molecule has 0 spiro atoms. The highest BCUT2D eigenvalue weighted by Gasteiger charge is 2.00. The van der Waals surface area contributed by atoms with Crippen LogP contribution in [0, 0.1) is 0 Å². The number of rotatable bonds is 4. The van der Waals surface area contributed by atoms with Crippen LogP contribution in [0.4, 0.5) is 0 Å². The fourth-order valence-corrected chi connectivity index (χ4v) is 2.48. The molecular weight excluding hydrogens is 292 g/mol. The minimum atomic E-state index is 0.907. The fourth-order valence-electron chi connectivity index (χ4n) is 2.48. The molecule has 0 amide bonds. The van der Waals surface area contributed by atoms with Gasteiger partial charge in [-0.2, -0.15) is 10.2 Å². The first-order valence-electron chi connectivity index (χ1n) is 8.04. The second-order valence-corrected chi connectivity index (χ2v) is 5.68. The zero-order valence-corrected chi connectivity index (χ0v) is 14.0. The zero-order valence-electron chi connectivity index (χ0n) is 14.0. The normalized spacial score (nSPS) is 12.2. The molecule has 0 saturated carbocycles. The van der Waals surface area contributed by atoms with Crippen LogP contribution >= 0.6 is 0 Å². The summed E-state index contributed by atoms with van der Waals surface area (Å²) < 4.78 is 0. The van der Waals surface area contributed by atoms with Gasteiger partial charge < -0.3 is 0 Å². The Morgan fingerprint density at radius 3 is 1.46 bits per heavy atom. The van der Waals surface area contributed by atoms with Gasteiger partial charge in [0.2, 0.25) is 0 Å². The predicted octanol–water partition coefficient (Wildman–Crippen LogP) is 5.59. The Morgan fingerprint density at radius 1 is 0.500 bits per heavy atom. The van der Waals surface area contributed by atoms with Gasteiger partial charge in [0.05, 0.1) is 11.4 Å². The van der Waals surface area contributed by atoms with E-state index in [9.17, 15) is 0 Å². The Hall–Kier alpha value is -3.00. The highest BCUT2D eigenvalue weighted by Crippen LogP contribution is 2.19. The first-order valence-corrected chi connectivity index (χ1v) is 8.04. The third kappa shape index (κ3) is 3.85. The lowest BCUT2D eigenvalue weighted by Gasteiger charge is -2.04. The van der Waals surface area contributed by atoms with Crippen molar-refractivity contribution in [3.63, 3.8) is 0 Å². The maximum atomic E-state index is 4.38. The highest BCUT2D eigenvalue weighted by molar-refractivity contribution is 6.01. The van der Waals surface area contributed by atoms with Crippen LogP contribution in [0.25, 0.3) is 11.1 Å². The monoisotopic (exact) mass is 312 g/mol. The van der Waals surface area contributed by atoms with Crippen LogP contribution in [0.3, 0.4) is 0 Å². The first kappa shape index (κ1) is 15.9. The van der Waals surface area contributed by atoms with E-state index in [1.807, 2.05) is 50.2 Å². The van der Waals surface area contributed by atoms with Gasteiger partial charge in [-0.1, -0.05) is 84.9 Å². The van der Waals surface area contributed by atoms with Gasteiger partial charge >= 0.3 is 0 Å². The van der Waals surface area contributed by atoms with Crippen LogP contribution in [0.1, 0.15) is 25.0 Å². The van der Waals surface area contributed by atoms with Gasteiger partial charge in [-0.25, -0.2) is 0 Å². The van der Waals surface area contributed by atoms with E-state index in [0.29, 0.717) is 0 Å². The predicted molar refractivity (Wildman–Crippen MR) is 103 cm³/mol. The molecule has 2 nitrogen and oxygen atoms in total. The molecular formula is C22H20N2. The molecule has 0 bridgehead atoms. The van der Waals surface area contributed by atoms with Crippen molar-refractivity contribution in [3.8, 4) is 11.1 Å². The van der Waals surface area contributed by atoms with Crippen LogP contribution < -0.4 is 0 Å². The van der Waals surface area contributed by atoms with Gasteiger partial charge in [-0.15, -0.1) is 0 Å². The summed E-state index contributed by atoms with van der Waals surface area (Å²) in [6.07, 6.45) is 0. The van der Waals surface area contributed by atoms with Gasteiger partial charge in [0, 0.05) is 0 Å². The topological polar surface area (TPSA) is 24.7 Å². The highest BCUT2D eigenvalue weighted by atomic mass is 15.2. The molecule has 118 valence electrons. The molecule has 2 heteroatoms. The number of hydrogen-bond acceptors (Lipinski definition) is 2. The fraction of sp³-hybridized carbons (Fsp3) is 0.0909. The molecule has 0 aromatic heterocycles.